The quantitative estimate of drug-likeness (QED) is 0.570. The molecular formula is C18H17BrN4O4S. The van der Waals surface area contributed by atoms with E-state index in [-0.39, 0.29) is 30.8 Å². The lowest BCUT2D eigenvalue weighted by Gasteiger charge is -2.15. The average molecular weight is 465 g/mol. The van der Waals surface area contributed by atoms with Gasteiger partial charge < -0.3 is 16.0 Å². The molecule has 2 aromatic rings. The number of amides is 5. The third kappa shape index (κ3) is 4.76. The van der Waals surface area contributed by atoms with E-state index in [1.165, 1.54) is 11.3 Å². The number of urea groups is 1. The summed E-state index contributed by atoms with van der Waals surface area (Å²) in [4.78, 5) is 49.5. The zero-order valence-corrected chi connectivity index (χ0v) is 17.2. The van der Waals surface area contributed by atoms with E-state index < -0.39 is 12.1 Å². The lowest BCUT2D eigenvalue weighted by atomic mass is 10.2. The van der Waals surface area contributed by atoms with Crippen molar-refractivity contribution in [1.29, 1.82) is 0 Å². The van der Waals surface area contributed by atoms with Crippen molar-refractivity contribution >= 4 is 56.7 Å². The van der Waals surface area contributed by atoms with Crippen LogP contribution in [0.25, 0.3) is 0 Å². The Labute approximate surface area is 173 Å². The van der Waals surface area contributed by atoms with Crippen LogP contribution in [0.4, 0.5) is 10.5 Å². The number of carbonyl (C=O) groups excluding carboxylic acids is 4. The zero-order chi connectivity index (χ0) is 20.3. The summed E-state index contributed by atoms with van der Waals surface area (Å²) in [7, 11) is 0. The Morgan fingerprint density at radius 3 is 2.71 bits per heavy atom. The molecule has 2 heterocycles. The van der Waals surface area contributed by atoms with Crippen molar-refractivity contribution in [3.8, 4) is 0 Å². The highest BCUT2D eigenvalue weighted by Crippen LogP contribution is 2.22. The van der Waals surface area contributed by atoms with Crippen LogP contribution in [0.1, 0.15) is 22.2 Å². The SMILES string of the molecule is CC(NC(=O)c1ccc(Br)s1)C(=O)Nc1cccc(CN2C(=O)CNC2=O)c1. The van der Waals surface area contributed by atoms with Crippen LogP contribution in [0.2, 0.25) is 0 Å². The molecule has 1 aromatic heterocycles. The molecule has 28 heavy (non-hydrogen) atoms. The summed E-state index contributed by atoms with van der Waals surface area (Å²) in [6, 6.07) is 9.11. The average Bonchev–Trinajstić information content (AvgIpc) is 3.22. The van der Waals surface area contributed by atoms with Crippen LogP contribution in [0.15, 0.2) is 40.2 Å². The molecule has 0 radical (unpaired) electrons. The highest BCUT2D eigenvalue weighted by atomic mass is 79.9. The van der Waals surface area contributed by atoms with E-state index in [9.17, 15) is 19.2 Å². The molecule has 0 spiro atoms. The number of halogens is 1. The minimum absolute atomic E-state index is 0.00666. The van der Waals surface area contributed by atoms with Gasteiger partial charge in [-0.3, -0.25) is 19.3 Å². The Hall–Kier alpha value is -2.72. The number of imide groups is 1. The number of benzene rings is 1. The molecule has 0 bridgehead atoms. The van der Waals surface area contributed by atoms with E-state index in [1.807, 2.05) is 0 Å². The minimum atomic E-state index is -0.747. The van der Waals surface area contributed by atoms with E-state index >= 15 is 0 Å². The van der Waals surface area contributed by atoms with Crippen molar-refractivity contribution in [1.82, 2.24) is 15.5 Å². The lowest BCUT2D eigenvalue weighted by Crippen LogP contribution is -2.41. The van der Waals surface area contributed by atoms with Gasteiger partial charge >= 0.3 is 6.03 Å². The molecule has 1 aliphatic rings. The molecule has 3 rings (SSSR count). The third-order valence-corrected chi connectivity index (χ3v) is 5.63. The van der Waals surface area contributed by atoms with Crippen molar-refractivity contribution in [3.05, 3.63) is 50.6 Å². The second-order valence-electron chi connectivity index (χ2n) is 6.13. The first kappa shape index (κ1) is 20.0. The molecule has 1 atom stereocenters. The standard InChI is InChI=1S/C18H17BrN4O4S/c1-10(21-17(26)13-5-6-14(19)28-13)16(25)22-12-4-2-3-11(7-12)9-23-15(24)8-20-18(23)27/h2-7,10H,8-9H2,1H3,(H,20,27)(H,21,26)(H,22,25). The second kappa shape index (κ2) is 8.53. The summed E-state index contributed by atoms with van der Waals surface area (Å²) in [5, 5.41) is 7.84. The van der Waals surface area contributed by atoms with Gasteiger partial charge in [0.05, 0.1) is 21.8 Å². The number of rotatable bonds is 6. The fourth-order valence-electron chi connectivity index (χ4n) is 2.57. The predicted octanol–water partition coefficient (Wildman–Crippen LogP) is 2.32. The Kier molecular flexibility index (Phi) is 6.10. The molecule has 146 valence electrons. The fraction of sp³-hybridized carbons (Fsp3) is 0.222. The van der Waals surface area contributed by atoms with E-state index in [0.717, 1.165) is 8.69 Å². The van der Waals surface area contributed by atoms with Crippen LogP contribution in [0, 0.1) is 0 Å². The Morgan fingerprint density at radius 2 is 2.07 bits per heavy atom. The van der Waals surface area contributed by atoms with Gasteiger partial charge in [0.1, 0.15) is 6.04 Å². The van der Waals surface area contributed by atoms with Crippen LogP contribution in [0.5, 0.6) is 0 Å². The van der Waals surface area contributed by atoms with Gasteiger partial charge in [-0.05, 0) is 52.7 Å². The number of thiophene rings is 1. The summed E-state index contributed by atoms with van der Waals surface area (Å²) in [6.45, 7) is 1.70. The molecule has 1 unspecified atom stereocenters. The van der Waals surface area contributed by atoms with Crippen molar-refractivity contribution in [2.24, 2.45) is 0 Å². The van der Waals surface area contributed by atoms with Crippen LogP contribution >= 0.6 is 27.3 Å². The van der Waals surface area contributed by atoms with Crippen molar-refractivity contribution < 1.29 is 19.2 Å². The van der Waals surface area contributed by atoms with Gasteiger partial charge in [0, 0.05) is 5.69 Å². The van der Waals surface area contributed by atoms with Gasteiger partial charge in [-0.25, -0.2) is 4.79 Å². The first-order valence-corrected chi connectivity index (χ1v) is 9.98. The van der Waals surface area contributed by atoms with E-state index in [4.69, 9.17) is 0 Å². The fourth-order valence-corrected chi connectivity index (χ4v) is 3.85. The predicted molar refractivity (Wildman–Crippen MR) is 108 cm³/mol. The van der Waals surface area contributed by atoms with Gasteiger partial charge in [0.25, 0.3) is 5.91 Å². The molecule has 3 N–H and O–H groups in total. The highest BCUT2D eigenvalue weighted by Gasteiger charge is 2.28. The summed E-state index contributed by atoms with van der Waals surface area (Å²) >= 11 is 4.57. The Balaban J connectivity index is 1.59. The van der Waals surface area contributed by atoms with E-state index in [1.54, 1.807) is 43.3 Å². The van der Waals surface area contributed by atoms with Gasteiger partial charge in [0.15, 0.2) is 0 Å². The first-order chi connectivity index (χ1) is 13.3. The molecule has 10 heteroatoms. The molecular weight excluding hydrogens is 448 g/mol. The monoisotopic (exact) mass is 464 g/mol. The normalized spacial score (nSPS) is 14.6. The second-order valence-corrected chi connectivity index (χ2v) is 8.59. The van der Waals surface area contributed by atoms with Gasteiger partial charge in [-0.1, -0.05) is 12.1 Å². The van der Waals surface area contributed by atoms with Gasteiger partial charge in [0.2, 0.25) is 11.8 Å². The number of hydrogen-bond donors (Lipinski definition) is 3. The summed E-state index contributed by atoms with van der Waals surface area (Å²) < 4.78 is 0.830. The number of anilines is 1. The van der Waals surface area contributed by atoms with E-state index in [2.05, 4.69) is 31.9 Å². The highest BCUT2D eigenvalue weighted by molar-refractivity contribution is 9.11. The smallest absolute Gasteiger partial charge is 0.324 e. The third-order valence-electron chi connectivity index (χ3n) is 4.01. The Bertz CT molecular complexity index is 929. The molecule has 1 aliphatic heterocycles. The number of hydrogen-bond acceptors (Lipinski definition) is 5. The first-order valence-electron chi connectivity index (χ1n) is 8.37. The molecule has 1 aromatic carbocycles. The van der Waals surface area contributed by atoms with Crippen molar-refractivity contribution in [2.45, 2.75) is 19.5 Å². The lowest BCUT2D eigenvalue weighted by molar-refractivity contribution is -0.125. The van der Waals surface area contributed by atoms with Crippen molar-refractivity contribution in [3.63, 3.8) is 0 Å². The largest absolute Gasteiger partial charge is 0.340 e. The maximum Gasteiger partial charge on any atom is 0.324 e. The number of nitrogens with one attached hydrogen (secondary N) is 3. The Morgan fingerprint density at radius 1 is 1.29 bits per heavy atom. The van der Waals surface area contributed by atoms with Crippen LogP contribution in [-0.4, -0.2) is 41.2 Å². The summed E-state index contributed by atoms with van der Waals surface area (Å²) in [6.07, 6.45) is 0. The summed E-state index contributed by atoms with van der Waals surface area (Å²) in [5.41, 5.74) is 1.21. The zero-order valence-electron chi connectivity index (χ0n) is 14.8. The number of nitrogens with zero attached hydrogens (tertiary/aromatic N) is 1. The minimum Gasteiger partial charge on any atom is -0.340 e. The molecule has 1 saturated heterocycles. The van der Waals surface area contributed by atoms with Crippen LogP contribution < -0.4 is 16.0 Å². The molecule has 0 saturated carbocycles. The topological polar surface area (TPSA) is 108 Å². The van der Waals surface area contributed by atoms with Crippen LogP contribution in [0.3, 0.4) is 0 Å². The molecule has 5 amide bonds. The molecule has 1 fully saturated rings. The molecule has 8 nitrogen and oxygen atoms in total. The van der Waals surface area contributed by atoms with E-state index in [0.29, 0.717) is 16.1 Å². The van der Waals surface area contributed by atoms with Crippen LogP contribution in [-0.2, 0) is 16.1 Å². The maximum atomic E-state index is 12.4. The molecule has 0 aliphatic carbocycles. The van der Waals surface area contributed by atoms with Crippen molar-refractivity contribution in [2.75, 3.05) is 11.9 Å². The van der Waals surface area contributed by atoms with Gasteiger partial charge in [-0.15, -0.1) is 11.3 Å². The van der Waals surface area contributed by atoms with Gasteiger partial charge in [-0.2, -0.15) is 0 Å². The number of carbonyl (C=O) groups is 4. The maximum absolute atomic E-state index is 12.4. The summed E-state index contributed by atoms with van der Waals surface area (Å²) in [5.74, 6) is -1.00.